The summed E-state index contributed by atoms with van der Waals surface area (Å²) < 4.78 is 0. The van der Waals surface area contributed by atoms with Gasteiger partial charge in [-0.1, -0.05) is 12.1 Å². The standard InChI is InChI=1S/C13H20N2/c1-10-5-4-6-12(15(2)3)13(10)11-7-8-14-9-11/h4-6,11,14H,7-9H2,1-3H3. The van der Waals surface area contributed by atoms with Crippen molar-refractivity contribution in [1.82, 2.24) is 5.32 Å². The number of hydrogen-bond acceptors (Lipinski definition) is 2. The van der Waals surface area contributed by atoms with Crippen LogP contribution in [0.4, 0.5) is 5.69 Å². The zero-order chi connectivity index (χ0) is 10.8. The van der Waals surface area contributed by atoms with Gasteiger partial charge in [-0.05, 0) is 43.0 Å². The van der Waals surface area contributed by atoms with Crippen LogP contribution in [0.15, 0.2) is 18.2 Å². The molecule has 1 atom stereocenters. The quantitative estimate of drug-likeness (QED) is 0.794. The maximum absolute atomic E-state index is 3.45. The lowest BCUT2D eigenvalue weighted by molar-refractivity contribution is 0.754. The molecular weight excluding hydrogens is 184 g/mol. The largest absolute Gasteiger partial charge is 0.377 e. The van der Waals surface area contributed by atoms with Crippen molar-refractivity contribution < 1.29 is 0 Å². The van der Waals surface area contributed by atoms with Gasteiger partial charge in [0.05, 0.1) is 0 Å². The van der Waals surface area contributed by atoms with Crippen molar-refractivity contribution in [2.75, 3.05) is 32.1 Å². The molecule has 0 amide bonds. The number of nitrogens with zero attached hydrogens (tertiary/aromatic N) is 1. The van der Waals surface area contributed by atoms with Crippen LogP contribution in [-0.2, 0) is 0 Å². The van der Waals surface area contributed by atoms with Crippen LogP contribution in [-0.4, -0.2) is 27.2 Å². The first-order valence-corrected chi connectivity index (χ1v) is 5.67. The van der Waals surface area contributed by atoms with E-state index in [1.54, 1.807) is 0 Å². The van der Waals surface area contributed by atoms with Gasteiger partial charge in [0.15, 0.2) is 0 Å². The molecule has 1 aromatic carbocycles. The van der Waals surface area contributed by atoms with E-state index in [4.69, 9.17) is 0 Å². The molecule has 82 valence electrons. The minimum absolute atomic E-state index is 0.698. The number of hydrogen-bond donors (Lipinski definition) is 1. The fourth-order valence-corrected chi connectivity index (χ4v) is 2.49. The molecule has 1 aromatic rings. The Labute approximate surface area is 92.3 Å². The van der Waals surface area contributed by atoms with Gasteiger partial charge in [-0.3, -0.25) is 0 Å². The first kappa shape index (κ1) is 10.5. The molecule has 0 aromatic heterocycles. The van der Waals surface area contributed by atoms with Crippen LogP contribution in [0.3, 0.4) is 0 Å². The van der Waals surface area contributed by atoms with E-state index in [1.165, 1.54) is 23.2 Å². The summed E-state index contributed by atoms with van der Waals surface area (Å²) >= 11 is 0. The fraction of sp³-hybridized carbons (Fsp3) is 0.538. The highest BCUT2D eigenvalue weighted by Crippen LogP contribution is 2.33. The van der Waals surface area contributed by atoms with Crippen molar-refractivity contribution in [3.63, 3.8) is 0 Å². The molecule has 1 aliphatic heterocycles. The summed E-state index contributed by atoms with van der Waals surface area (Å²) in [5.74, 6) is 0.698. The fourth-order valence-electron chi connectivity index (χ4n) is 2.49. The molecule has 0 radical (unpaired) electrons. The Morgan fingerprint density at radius 3 is 2.73 bits per heavy atom. The van der Waals surface area contributed by atoms with E-state index < -0.39 is 0 Å². The van der Waals surface area contributed by atoms with Gasteiger partial charge < -0.3 is 10.2 Å². The van der Waals surface area contributed by atoms with Crippen LogP contribution in [0.25, 0.3) is 0 Å². The summed E-state index contributed by atoms with van der Waals surface area (Å²) in [5, 5.41) is 3.45. The Bertz CT molecular complexity index is 338. The van der Waals surface area contributed by atoms with E-state index >= 15 is 0 Å². The molecule has 2 heteroatoms. The Kier molecular flexibility index (Phi) is 2.96. The van der Waals surface area contributed by atoms with Crippen molar-refractivity contribution in [3.8, 4) is 0 Å². The van der Waals surface area contributed by atoms with E-state index in [0.717, 1.165) is 13.1 Å². The molecule has 0 saturated carbocycles. The number of benzene rings is 1. The van der Waals surface area contributed by atoms with E-state index in [0.29, 0.717) is 5.92 Å². The molecule has 1 saturated heterocycles. The van der Waals surface area contributed by atoms with Crippen LogP contribution in [0, 0.1) is 6.92 Å². The maximum Gasteiger partial charge on any atom is 0.0399 e. The summed E-state index contributed by atoms with van der Waals surface area (Å²) in [7, 11) is 4.25. The van der Waals surface area contributed by atoms with Gasteiger partial charge in [-0.15, -0.1) is 0 Å². The summed E-state index contributed by atoms with van der Waals surface area (Å²) in [4.78, 5) is 2.22. The average molecular weight is 204 g/mol. The van der Waals surface area contributed by atoms with E-state index in [2.05, 4.69) is 49.4 Å². The normalized spacial score (nSPS) is 20.6. The smallest absolute Gasteiger partial charge is 0.0399 e. The minimum atomic E-state index is 0.698. The molecule has 0 bridgehead atoms. The first-order valence-electron chi connectivity index (χ1n) is 5.67. The van der Waals surface area contributed by atoms with E-state index in [-0.39, 0.29) is 0 Å². The number of rotatable bonds is 2. The van der Waals surface area contributed by atoms with Gasteiger partial charge in [-0.2, -0.15) is 0 Å². The predicted octanol–water partition coefficient (Wildman–Crippen LogP) is 2.14. The molecule has 1 heterocycles. The zero-order valence-electron chi connectivity index (χ0n) is 9.88. The van der Waals surface area contributed by atoms with Crippen LogP contribution in [0.5, 0.6) is 0 Å². The molecule has 1 aliphatic rings. The zero-order valence-corrected chi connectivity index (χ0v) is 9.88. The predicted molar refractivity (Wildman–Crippen MR) is 65.7 cm³/mol. The van der Waals surface area contributed by atoms with Crippen LogP contribution in [0.1, 0.15) is 23.5 Å². The van der Waals surface area contributed by atoms with Gasteiger partial charge in [0.2, 0.25) is 0 Å². The van der Waals surface area contributed by atoms with E-state index in [9.17, 15) is 0 Å². The minimum Gasteiger partial charge on any atom is -0.377 e. The molecule has 1 unspecified atom stereocenters. The van der Waals surface area contributed by atoms with Gasteiger partial charge >= 0.3 is 0 Å². The second kappa shape index (κ2) is 4.23. The molecule has 15 heavy (non-hydrogen) atoms. The number of nitrogens with one attached hydrogen (secondary N) is 1. The Balaban J connectivity index is 2.41. The average Bonchev–Trinajstić information content (AvgIpc) is 2.70. The molecule has 2 rings (SSSR count). The summed E-state index contributed by atoms with van der Waals surface area (Å²) in [6.45, 7) is 4.51. The lowest BCUT2D eigenvalue weighted by Gasteiger charge is -2.22. The highest BCUT2D eigenvalue weighted by atomic mass is 15.1. The summed E-state index contributed by atoms with van der Waals surface area (Å²) in [5.41, 5.74) is 4.34. The van der Waals surface area contributed by atoms with Gasteiger partial charge in [0.1, 0.15) is 0 Å². The lowest BCUT2D eigenvalue weighted by atomic mass is 9.92. The Morgan fingerprint density at radius 1 is 1.33 bits per heavy atom. The highest BCUT2D eigenvalue weighted by molar-refractivity contribution is 5.57. The van der Waals surface area contributed by atoms with Crippen molar-refractivity contribution in [2.24, 2.45) is 0 Å². The van der Waals surface area contributed by atoms with Crippen molar-refractivity contribution in [3.05, 3.63) is 29.3 Å². The maximum atomic E-state index is 3.45. The topological polar surface area (TPSA) is 15.3 Å². The second-order valence-corrected chi connectivity index (χ2v) is 4.59. The third-order valence-corrected chi connectivity index (χ3v) is 3.25. The van der Waals surface area contributed by atoms with Gasteiger partial charge in [-0.25, -0.2) is 0 Å². The third kappa shape index (κ3) is 2.00. The Morgan fingerprint density at radius 2 is 2.13 bits per heavy atom. The van der Waals surface area contributed by atoms with Crippen LogP contribution >= 0.6 is 0 Å². The van der Waals surface area contributed by atoms with Gasteiger partial charge in [0.25, 0.3) is 0 Å². The van der Waals surface area contributed by atoms with Crippen LogP contribution in [0.2, 0.25) is 0 Å². The van der Waals surface area contributed by atoms with Crippen molar-refractivity contribution in [2.45, 2.75) is 19.3 Å². The van der Waals surface area contributed by atoms with Gasteiger partial charge in [0, 0.05) is 26.3 Å². The monoisotopic (exact) mass is 204 g/mol. The van der Waals surface area contributed by atoms with Crippen molar-refractivity contribution in [1.29, 1.82) is 0 Å². The summed E-state index contributed by atoms with van der Waals surface area (Å²) in [6, 6.07) is 6.60. The Hall–Kier alpha value is -1.02. The lowest BCUT2D eigenvalue weighted by Crippen LogP contribution is -2.15. The number of aryl methyl sites for hydroxylation is 1. The molecule has 0 aliphatic carbocycles. The SMILES string of the molecule is Cc1cccc(N(C)C)c1C1CCNC1. The molecular formula is C13H20N2. The molecule has 2 nitrogen and oxygen atoms in total. The van der Waals surface area contributed by atoms with E-state index in [1.807, 2.05) is 0 Å². The number of anilines is 1. The molecule has 0 spiro atoms. The third-order valence-electron chi connectivity index (χ3n) is 3.25. The molecule has 1 fully saturated rings. The second-order valence-electron chi connectivity index (χ2n) is 4.59. The first-order chi connectivity index (χ1) is 7.20. The highest BCUT2D eigenvalue weighted by Gasteiger charge is 2.21. The van der Waals surface area contributed by atoms with Crippen molar-refractivity contribution >= 4 is 5.69 Å². The summed E-state index contributed by atoms with van der Waals surface area (Å²) in [6.07, 6.45) is 1.27. The molecule has 1 N–H and O–H groups in total. The van der Waals surface area contributed by atoms with Crippen LogP contribution < -0.4 is 10.2 Å².